The van der Waals surface area contributed by atoms with Gasteiger partial charge in [0.1, 0.15) is 6.10 Å². The number of aromatic nitrogens is 3. The minimum Gasteiger partial charge on any atom is -0.393 e. The minimum atomic E-state index is -0.542. The molecule has 218 valence electrons. The maximum atomic E-state index is 13.9. The first-order valence-corrected chi connectivity index (χ1v) is 15.2. The van der Waals surface area contributed by atoms with Gasteiger partial charge in [-0.05, 0) is 87.2 Å². The molecule has 5 aromatic rings. The number of thiazole rings is 1. The van der Waals surface area contributed by atoms with E-state index in [4.69, 9.17) is 21.3 Å². The Balaban J connectivity index is 1.45. The van der Waals surface area contributed by atoms with Gasteiger partial charge in [0.25, 0.3) is 0 Å². The number of benzene rings is 3. The van der Waals surface area contributed by atoms with E-state index in [1.54, 1.807) is 4.90 Å². The molecule has 3 heterocycles. The summed E-state index contributed by atoms with van der Waals surface area (Å²) in [4.78, 5) is 22.5. The molecule has 1 aliphatic rings. The molecule has 1 fully saturated rings. The van der Waals surface area contributed by atoms with Crippen molar-refractivity contribution in [3.05, 3.63) is 70.9 Å². The van der Waals surface area contributed by atoms with Crippen LogP contribution in [0.4, 0.5) is 15.6 Å². The third-order valence-electron chi connectivity index (χ3n) is 7.53. The third kappa shape index (κ3) is 5.26. The quantitative estimate of drug-likeness (QED) is 0.217. The number of aliphatic hydroxyl groups excluding tert-OH is 1. The lowest BCUT2D eigenvalue weighted by molar-refractivity contribution is -0.0821. The summed E-state index contributed by atoms with van der Waals surface area (Å²) in [5.74, 6) is 0. The third-order valence-corrected chi connectivity index (χ3v) is 8.89. The molecule has 1 N–H and O–H groups in total. The number of amides is 2. The Kier molecular flexibility index (Phi) is 7.47. The number of anilines is 2. The zero-order valence-electron chi connectivity index (χ0n) is 24.4. The lowest BCUT2D eigenvalue weighted by Crippen LogP contribution is -2.49. The van der Waals surface area contributed by atoms with Crippen molar-refractivity contribution in [1.29, 1.82) is 0 Å². The molecule has 1 saturated heterocycles. The number of urea groups is 1. The molecule has 0 aliphatic carbocycles. The second kappa shape index (κ2) is 11.0. The van der Waals surface area contributed by atoms with Crippen LogP contribution in [0.1, 0.15) is 44.4 Å². The number of ether oxygens (including phenoxy) is 1. The molecule has 42 heavy (non-hydrogen) atoms. The van der Waals surface area contributed by atoms with E-state index in [1.165, 1.54) is 11.3 Å². The highest BCUT2D eigenvalue weighted by Gasteiger charge is 2.32. The van der Waals surface area contributed by atoms with E-state index < -0.39 is 11.7 Å². The van der Waals surface area contributed by atoms with Gasteiger partial charge < -0.3 is 9.84 Å². The number of rotatable bonds is 6. The van der Waals surface area contributed by atoms with Crippen molar-refractivity contribution in [3.8, 4) is 11.1 Å². The number of nitrogens with zero attached hydrogens (tertiary/aromatic N) is 5. The van der Waals surface area contributed by atoms with Crippen LogP contribution in [0, 0.1) is 6.92 Å². The normalized spacial score (nSPS) is 15.3. The largest absolute Gasteiger partial charge is 0.393 e. The standard InChI is InChI=1S/C32H34ClN5O3S/c1-19-15-24-29(28(20-7-9-22(33)10-8-20)27(19)26(18-39)41-32(2,3)4)42-30(35-24)38-14-6-13-37(31(38)40)23-11-12-25-21(16-23)17-34-36(25)5/h7-12,15-17,26,39H,6,13-14,18H2,1-5H3/t26-/m1/s1. The first-order valence-electron chi connectivity index (χ1n) is 14.0. The smallest absolute Gasteiger partial charge is 0.330 e. The Labute approximate surface area is 254 Å². The van der Waals surface area contributed by atoms with Crippen LogP contribution < -0.4 is 9.80 Å². The van der Waals surface area contributed by atoms with Crippen molar-refractivity contribution in [2.45, 2.75) is 45.8 Å². The summed E-state index contributed by atoms with van der Waals surface area (Å²) in [6.07, 6.45) is 2.09. The van der Waals surface area contributed by atoms with Gasteiger partial charge in [0.2, 0.25) is 0 Å². The first-order chi connectivity index (χ1) is 20.0. The first kappa shape index (κ1) is 28.6. The predicted octanol–water partition coefficient (Wildman–Crippen LogP) is 7.50. The summed E-state index contributed by atoms with van der Waals surface area (Å²) in [5.41, 5.74) is 5.96. The van der Waals surface area contributed by atoms with Crippen LogP contribution in [0.15, 0.2) is 54.7 Å². The zero-order valence-corrected chi connectivity index (χ0v) is 26.0. The highest BCUT2D eigenvalue weighted by Crippen LogP contribution is 2.44. The van der Waals surface area contributed by atoms with E-state index >= 15 is 0 Å². The van der Waals surface area contributed by atoms with Crippen LogP contribution >= 0.6 is 22.9 Å². The van der Waals surface area contributed by atoms with Gasteiger partial charge in [-0.2, -0.15) is 5.10 Å². The van der Waals surface area contributed by atoms with Crippen molar-refractivity contribution in [2.75, 3.05) is 29.5 Å². The number of hydrogen-bond acceptors (Lipinski definition) is 6. The van der Waals surface area contributed by atoms with E-state index in [1.807, 2.05) is 99.1 Å². The number of halogens is 1. The summed E-state index contributed by atoms with van der Waals surface area (Å²) in [6, 6.07) is 15.6. The Morgan fingerprint density at radius 2 is 1.83 bits per heavy atom. The fraction of sp³-hybridized carbons (Fsp3) is 0.344. The summed E-state index contributed by atoms with van der Waals surface area (Å²) in [5, 5.41) is 17.1. The number of hydrogen-bond donors (Lipinski definition) is 1. The van der Waals surface area contributed by atoms with E-state index in [-0.39, 0.29) is 12.6 Å². The summed E-state index contributed by atoms with van der Waals surface area (Å²) < 4.78 is 9.12. The monoisotopic (exact) mass is 603 g/mol. The molecule has 10 heteroatoms. The second-order valence-corrected chi connectivity index (χ2v) is 13.1. The molecular formula is C32H34ClN5O3S. The molecule has 3 aromatic carbocycles. The number of aryl methyl sites for hydroxylation is 2. The molecule has 6 rings (SSSR count). The lowest BCUT2D eigenvalue weighted by Gasteiger charge is -2.34. The number of carbonyl (C=O) groups is 1. The van der Waals surface area contributed by atoms with Crippen molar-refractivity contribution in [2.24, 2.45) is 7.05 Å². The predicted molar refractivity (Wildman–Crippen MR) is 171 cm³/mol. The number of fused-ring (bicyclic) bond motifs is 2. The topological polar surface area (TPSA) is 83.7 Å². The zero-order chi connectivity index (χ0) is 29.8. The second-order valence-electron chi connectivity index (χ2n) is 11.7. The van der Waals surface area contributed by atoms with Gasteiger partial charge in [-0.1, -0.05) is 35.1 Å². The van der Waals surface area contributed by atoms with Gasteiger partial charge in [0.15, 0.2) is 5.13 Å². The van der Waals surface area contributed by atoms with Gasteiger partial charge in [-0.3, -0.25) is 14.5 Å². The highest BCUT2D eigenvalue weighted by molar-refractivity contribution is 7.23. The molecule has 2 aromatic heterocycles. The molecule has 2 amide bonds. The fourth-order valence-corrected chi connectivity index (χ4v) is 6.98. The Morgan fingerprint density at radius 3 is 2.55 bits per heavy atom. The molecule has 0 spiro atoms. The van der Waals surface area contributed by atoms with E-state index in [0.717, 1.165) is 55.5 Å². The summed E-state index contributed by atoms with van der Waals surface area (Å²) in [6.45, 7) is 9.01. The molecule has 8 nitrogen and oxygen atoms in total. The lowest BCUT2D eigenvalue weighted by atomic mass is 9.91. The minimum absolute atomic E-state index is 0.0992. The average Bonchev–Trinajstić information content (AvgIpc) is 3.54. The van der Waals surface area contributed by atoms with Gasteiger partial charge in [-0.15, -0.1) is 0 Å². The van der Waals surface area contributed by atoms with Gasteiger partial charge in [0.05, 0.1) is 34.1 Å². The van der Waals surface area contributed by atoms with Crippen molar-refractivity contribution >= 4 is 60.9 Å². The summed E-state index contributed by atoms with van der Waals surface area (Å²) >= 11 is 7.75. The van der Waals surface area contributed by atoms with Crippen LogP contribution in [0.5, 0.6) is 0 Å². The molecule has 1 atom stereocenters. The number of carbonyl (C=O) groups excluding carboxylic acids is 1. The molecule has 0 bridgehead atoms. The summed E-state index contributed by atoms with van der Waals surface area (Å²) in [7, 11) is 1.91. The van der Waals surface area contributed by atoms with E-state index in [0.29, 0.717) is 23.2 Å². The average molecular weight is 604 g/mol. The van der Waals surface area contributed by atoms with Crippen LogP contribution in [0.2, 0.25) is 5.02 Å². The van der Waals surface area contributed by atoms with Crippen molar-refractivity contribution in [3.63, 3.8) is 0 Å². The van der Waals surface area contributed by atoms with Crippen LogP contribution in [-0.2, 0) is 11.8 Å². The maximum absolute atomic E-state index is 13.9. The SMILES string of the molecule is Cc1cc2nc(N3CCCN(c4ccc5c(cnn5C)c4)C3=O)sc2c(-c2ccc(Cl)cc2)c1[C@@H](CO)OC(C)(C)C. The molecular weight excluding hydrogens is 570 g/mol. The molecule has 0 unspecified atom stereocenters. The van der Waals surface area contributed by atoms with Crippen LogP contribution in [0.3, 0.4) is 0 Å². The Morgan fingerprint density at radius 1 is 1.10 bits per heavy atom. The van der Waals surface area contributed by atoms with Crippen LogP contribution in [0.25, 0.3) is 32.2 Å². The Hall–Kier alpha value is -3.50. The van der Waals surface area contributed by atoms with Gasteiger partial charge >= 0.3 is 6.03 Å². The van der Waals surface area contributed by atoms with Crippen molar-refractivity contribution in [1.82, 2.24) is 14.8 Å². The molecule has 1 aliphatic heterocycles. The van der Waals surface area contributed by atoms with Gasteiger partial charge in [-0.25, -0.2) is 9.78 Å². The van der Waals surface area contributed by atoms with E-state index in [9.17, 15) is 9.90 Å². The Bertz CT molecular complexity index is 1790. The highest BCUT2D eigenvalue weighted by atomic mass is 35.5. The van der Waals surface area contributed by atoms with Crippen molar-refractivity contribution < 1.29 is 14.6 Å². The molecule has 0 saturated carbocycles. The molecule has 0 radical (unpaired) electrons. The number of aliphatic hydroxyl groups is 1. The van der Waals surface area contributed by atoms with Crippen LogP contribution in [-0.4, -0.2) is 51.2 Å². The van der Waals surface area contributed by atoms with Gasteiger partial charge in [0, 0.05) is 41.8 Å². The maximum Gasteiger partial charge on any atom is 0.330 e. The fourth-order valence-electron chi connectivity index (χ4n) is 5.71. The van der Waals surface area contributed by atoms with E-state index in [2.05, 4.69) is 5.10 Å².